The van der Waals surface area contributed by atoms with Crippen LogP contribution in [0.1, 0.15) is 32.6 Å². The number of hydrogen-bond donors (Lipinski definition) is 2. The van der Waals surface area contributed by atoms with E-state index < -0.39 is 30.2 Å². The van der Waals surface area contributed by atoms with E-state index in [1.165, 1.54) is 25.9 Å². The van der Waals surface area contributed by atoms with E-state index >= 15 is 0 Å². The molecule has 0 unspecified atom stereocenters. The lowest BCUT2D eigenvalue weighted by molar-refractivity contribution is -0.164. The van der Waals surface area contributed by atoms with Gasteiger partial charge in [-0.3, -0.25) is 4.79 Å². The van der Waals surface area contributed by atoms with E-state index in [0.717, 1.165) is 12.8 Å². The van der Waals surface area contributed by atoms with Gasteiger partial charge in [0.15, 0.2) is 0 Å². The van der Waals surface area contributed by atoms with E-state index in [1.807, 2.05) is 5.32 Å². The Morgan fingerprint density at radius 2 is 1.67 bits per heavy atom. The number of rotatable bonds is 4. The van der Waals surface area contributed by atoms with Gasteiger partial charge in [-0.2, -0.15) is 13.2 Å². The van der Waals surface area contributed by atoms with Gasteiger partial charge in [-0.25, -0.2) is 4.79 Å². The molecule has 8 heteroatoms. The summed E-state index contributed by atoms with van der Waals surface area (Å²) < 4.78 is 39.1. The Bertz CT molecular complexity index is 379. The van der Waals surface area contributed by atoms with Crippen molar-refractivity contribution in [1.82, 2.24) is 15.5 Å². The molecule has 0 spiro atoms. The largest absolute Gasteiger partial charge is 0.408 e. The van der Waals surface area contributed by atoms with E-state index in [-0.39, 0.29) is 5.91 Å². The SMILES string of the molecule is C[C@H](NC(=O)N[C@@H](C1CCCC1)C(F)(F)F)C(=O)N(C)C. The van der Waals surface area contributed by atoms with Crippen molar-refractivity contribution in [3.63, 3.8) is 0 Å². The third-order valence-corrected chi connectivity index (χ3v) is 3.67. The average Bonchev–Trinajstić information content (AvgIpc) is 2.86. The fourth-order valence-corrected chi connectivity index (χ4v) is 2.59. The first-order valence-electron chi connectivity index (χ1n) is 6.98. The molecule has 0 saturated heterocycles. The molecule has 3 amide bonds. The highest BCUT2D eigenvalue weighted by Gasteiger charge is 2.46. The molecule has 0 aromatic heterocycles. The number of hydrogen-bond acceptors (Lipinski definition) is 2. The van der Waals surface area contributed by atoms with Crippen LogP contribution in [0.2, 0.25) is 0 Å². The topological polar surface area (TPSA) is 61.4 Å². The lowest BCUT2D eigenvalue weighted by Gasteiger charge is -2.28. The van der Waals surface area contributed by atoms with Crippen LogP contribution in [0.5, 0.6) is 0 Å². The van der Waals surface area contributed by atoms with E-state index in [1.54, 1.807) is 0 Å². The van der Waals surface area contributed by atoms with Gasteiger partial charge in [0.1, 0.15) is 12.1 Å². The third kappa shape index (κ3) is 5.09. The van der Waals surface area contributed by atoms with Gasteiger partial charge < -0.3 is 15.5 Å². The van der Waals surface area contributed by atoms with Gasteiger partial charge in [-0.15, -0.1) is 0 Å². The summed E-state index contributed by atoms with van der Waals surface area (Å²) in [5.74, 6) is -0.967. The predicted octanol–water partition coefficient (Wildman–Crippen LogP) is 1.88. The van der Waals surface area contributed by atoms with Gasteiger partial charge in [0.2, 0.25) is 5.91 Å². The molecule has 2 N–H and O–H groups in total. The maximum absolute atomic E-state index is 13.0. The van der Waals surface area contributed by atoms with E-state index in [9.17, 15) is 22.8 Å². The quantitative estimate of drug-likeness (QED) is 0.833. The molecular weight excluding hydrogens is 287 g/mol. The van der Waals surface area contributed by atoms with Gasteiger partial charge in [-0.1, -0.05) is 12.8 Å². The number of carbonyl (C=O) groups is 2. The second-order valence-corrected chi connectivity index (χ2v) is 5.64. The number of likely N-dealkylation sites (N-methyl/N-ethyl adjacent to an activating group) is 1. The fraction of sp³-hybridized carbons (Fsp3) is 0.846. The zero-order valence-corrected chi connectivity index (χ0v) is 12.5. The molecule has 5 nitrogen and oxygen atoms in total. The van der Waals surface area contributed by atoms with Crippen LogP contribution >= 0.6 is 0 Å². The van der Waals surface area contributed by atoms with E-state index in [4.69, 9.17) is 0 Å². The molecule has 122 valence electrons. The lowest BCUT2D eigenvalue weighted by Crippen LogP contribution is -2.55. The number of nitrogens with one attached hydrogen (secondary N) is 2. The highest BCUT2D eigenvalue weighted by atomic mass is 19.4. The molecule has 1 aliphatic rings. The highest BCUT2D eigenvalue weighted by molar-refractivity contribution is 5.86. The average molecular weight is 309 g/mol. The van der Waals surface area contributed by atoms with Crippen LogP contribution in [0.3, 0.4) is 0 Å². The molecule has 0 aromatic rings. The van der Waals surface area contributed by atoms with E-state index in [0.29, 0.717) is 12.8 Å². The first kappa shape index (κ1) is 17.6. The molecule has 0 radical (unpaired) electrons. The smallest absolute Gasteiger partial charge is 0.347 e. The molecule has 1 aliphatic carbocycles. The minimum Gasteiger partial charge on any atom is -0.347 e. The summed E-state index contributed by atoms with van der Waals surface area (Å²) in [7, 11) is 3.02. The van der Waals surface area contributed by atoms with Gasteiger partial charge in [0, 0.05) is 14.1 Å². The molecule has 0 aromatic carbocycles. The molecule has 0 aliphatic heterocycles. The maximum Gasteiger partial charge on any atom is 0.408 e. The Labute approximate surface area is 122 Å². The maximum atomic E-state index is 13.0. The number of amides is 3. The summed E-state index contributed by atoms with van der Waals surface area (Å²) in [4.78, 5) is 24.5. The summed E-state index contributed by atoms with van der Waals surface area (Å²) >= 11 is 0. The van der Waals surface area contributed by atoms with Gasteiger partial charge >= 0.3 is 12.2 Å². The van der Waals surface area contributed by atoms with Crippen molar-refractivity contribution in [2.24, 2.45) is 5.92 Å². The van der Waals surface area contributed by atoms with Crippen LogP contribution in [-0.4, -0.2) is 49.2 Å². The van der Waals surface area contributed by atoms with Gasteiger partial charge in [0.25, 0.3) is 0 Å². The first-order chi connectivity index (χ1) is 9.62. The minimum atomic E-state index is -4.48. The number of carbonyl (C=O) groups excluding carboxylic acids is 2. The summed E-state index contributed by atoms with van der Waals surface area (Å²) in [6.07, 6.45) is -2.08. The third-order valence-electron chi connectivity index (χ3n) is 3.67. The number of alkyl halides is 3. The zero-order chi connectivity index (χ0) is 16.2. The van der Waals surface area contributed by atoms with Crippen LogP contribution < -0.4 is 10.6 Å². The Morgan fingerprint density at radius 1 is 1.14 bits per heavy atom. The predicted molar refractivity (Wildman–Crippen MR) is 71.6 cm³/mol. The first-order valence-corrected chi connectivity index (χ1v) is 6.98. The van der Waals surface area contributed by atoms with Crippen molar-refractivity contribution in [3.05, 3.63) is 0 Å². The minimum absolute atomic E-state index is 0.380. The summed E-state index contributed by atoms with van der Waals surface area (Å²) in [5.41, 5.74) is 0. The van der Waals surface area contributed by atoms with Crippen LogP contribution in [-0.2, 0) is 4.79 Å². The summed E-state index contributed by atoms with van der Waals surface area (Å²) in [5, 5.41) is 4.22. The molecule has 1 fully saturated rings. The number of nitrogens with zero attached hydrogens (tertiary/aromatic N) is 1. The van der Waals surface area contributed by atoms with Gasteiger partial charge in [0.05, 0.1) is 0 Å². The molecule has 2 atom stereocenters. The molecular formula is C13H22F3N3O2. The van der Waals surface area contributed by atoms with Crippen molar-refractivity contribution < 1.29 is 22.8 Å². The molecule has 1 rings (SSSR count). The van der Waals surface area contributed by atoms with Crippen molar-refractivity contribution in [1.29, 1.82) is 0 Å². The molecule has 21 heavy (non-hydrogen) atoms. The zero-order valence-electron chi connectivity index (χ0n) is 12.5. The Hall–Kier alpha value is -1.47. The summed E-state index contributed by atoms with van der Waals surface area (Å²) in [6, 6.07) is -3.70. The Balaban J connectivity index is 2.62. The van der Waals surface area contributed by atoms with Gasteiger partial charge in [-0.05, 0) is 25.7 Å². The molecule has 1 saturated carbocycles. The van der Waals surface area contributed by atoms with Crippen molar-refractivity contribution >= 4 is 11.9 Å². The number of halogens is 3. The Kier molecular flexibility index (Phi) is 5.86. The van der Waals surface area contributed by atoms with E-state index in [2.05, 4.69) is 5.32 Å². The standard InChI is InChI=1S/C13H22F3N3O2/c1-8(11(20)19(2)3)17-12(21)18-10(13(14,15)16)9-6-4-5-7-9/h8-10H,4-7H2,1-3H3,(H2,17,18,21)/t8-,10-/m0/s1. The van der Waals surface area contributed by atoms with Crippen LogP contribution in [0, 0.1) is 5.92 Å². The highest BCUT2D eigenvalue weighted by Crippen LogP contribution is 2.35. The van der Waals surface area contributed by atoms with Crippen molar-refractivity contribution in [2.45, 2.75) is 50.9 Å². The molecule has 0 heterocycles. The van der Waals surface area contributed by atoms with Crippen LogP contribution in [0.15, 0.2) is 0 Å². The van der Waals surface area contributed by atoms with Crippen molar-refractivity contribution in [2.75, 3.05) is 14.1 Å². The number of urea groups is 1. The fourth-order valence-electron chi connectivity index (χ4n) is 2.59. The Morgan fingerprint density at radius 3 is 2.10 bits per heavy atom. The normalized spacial score (nSPS) is 19.0. The monoisotopic (exact) mass is 309 g/mol. The summed E-state index contributed by atoms with van der Waals surface area (Å²) in [6.45, 7) is 1.43. The van der Waals surface area contributed by atoms with Crippen LogP contribution in [0.25, 0.3) is 0 Å². The second kappa shape index (κ2) is 7.00. The van der Waals surface area contributed by atoms with Crippen LogP contribution in [0.4, 0.5) is 18.0 Å². The lowest BCUT2D eigenvalue weighted by atomic mass is 9.98. The second-order valence-electron chi connectivity index (χ2n) is 5.64. The molecule has 0 bridgehead atoms. The van der Waals surface area contributed by atoms with Crippen molar-refractivity contribution in [3.8, 4) is 0 Å².